The summed E-state index contributed by atoms with van der Waals surface area (Å²) >= 11 is 3.49. The molecule has 3 aromatic carbocycles. The zero-order valence-corrected chi connectivity index (χ0v) is 24.0. The summed E-state index contributed by atoms with van der Waals surface area (Å²) in [5.74, 6) is -0.327. The van der Waals surface area contributed by atoms with Crippen molar-refractivity contribution in [3.8, 4) is 22.4 Å². The van der Waals surface area contributed by atoms with Gasteiger partial charge < -0.3 is 14.4 Å². The SMILES string of the molecule is CN(CCCOCc1ccccc1-c1ccc(-c2nn(C)c3cc(Br)ccc23)c(F)c1)C(=O)OC(C)(C)C. The van der Waals surface area contributed by atoms with E-state index in [-0.39, 0.29) is 11.9 Å². The topological polar surface area (TPSA) is 56.6 Å². The second-order valence-electron chi connectivity index (χ2n) is 10.3. The summed E-state index contributed by atoms with van der Waals surface area (Å²) in [6, 6.07) is 19.0. The molecule has 0 saturated heterocycles. The number of amides is 1. The summed E-state index contributed by atoms with van der Waals surface area (Å²) in [6.45, 7) is 6.94. The molecule has 1 heterocycles. The molecule has 0 fully saturated rings. The van der Waals surface area contributed by atoms with Crippen molar-refractivity contribution in [1.82, 2.24) is 14.7 Å². The molecule has 38 heavy (non-hydrogen) atoms. The van der Waals surface area contributed by atoms with Gasteiger partial charge in [-0.3, -0.25) is 4.68 Å². The van der Waals surface area contributed by atoms with Crippen LogP contribution in [0.3, 0.4) is 0 Å². The van der Waals surface area contributed by atoms with Gasteiger partial charge in [-0.05, 0) is 74.2 Å². The maximum absolute atomic E-state index is 15.4. The minimum atomic E-state index is -0.522. The van der Waals surface area contributed by atoms with E-state index in [9.17, 15) is 4.79 Å². The van der Waals surface area contributed by atoms with E-state index in [0.717, 1.165) is 32.1 Å². The molecule has 8 heteroatoms. The van der Waals surface area contributed by atoms with Crippen LogP contribution in [0.5, 0.6) is 0 Å². The van der Waals surface area contributed by atoms with Gasteiger partial charge in [0.25, 0.3) is 0 Å². The van der Waals surface area contributed by atoms with Crippen LogP contribution in [-0.4, -0.2) is 46.6 Å². The van der Waals surface area contributed by atoms with Crippen LogP contribution in [-0.2, 0) is 23.1 Å². The molecule has 0 radical (unpaired) electrons. The molecule has 0 atom stereocenters. The number of aromatic nitrogens is 2. The van der Waals surface area contributed by atoms with Gasteiger partial charge in [-0.1, -0.05) is 46.3 Å². The molecule has 0 N–H and O–H groups in total. The zero-order chi connectivity index (χ0) is 27.4. The highest BCUT2D eigenvalue weighted by atomic mass is 79.9. The molecule has 4 aromatic rings. The third-order valence-electron chi connectivity index (χ3n) is 6.11. The lowest BCUT2D eigenvalue weighted by atomic mass is 9.97. The lowest BCUT2D eigenvalue weighted by Gasteiger charge is -2.24. The van der Waals surface area contributed by atoms with Crippen LogP contribution in [0.1, 0.15) is 32.8 Å². The first kappa shape index (κ1) is 27.8. The molecule has 200 valence electrons. The van der Waals surface area contributed by atoms with Gasteiger partial charge >= 0.3 is 6.09 Å². The second-order valence-corrected chi connectivity index (χ2v) is 11.2. The quantitative estimate of drug-likeness (QED) is 0.201. The molecule has 0 saturated carbocycles. The van der Waals surface area contributed by atoms with E-state index in [4.69, 9.17) is 9.47 Å². The maximum Gasteiger partial charge on any atom is 0.410 e. The Labute approximate surface area is 231 Å². The van der Waals surface area contributed by atoms with Gasteiger partial charge in [0.15, 0.2) is 0 Å². The Bertz CT molecular complexity index is 1440. The summed E-state index contributed by atoms with van der Waals surface area (Å²) in [4.78, 5) is 13.6. The third-order valence-corrected chi connectivity index (χ3v) is 6.60. The summed E-state index contributed by atoms with van der Waals surface area (Å²) in [6.07, 6.45) is 0.329. The Morgan fingerprint density at radius 1 is 1.08 bits per heavy atom. The first-order valence-corrected chi connectivity index (χ1v) is 13.3. The molecule has 0 bridgehead atoms. The van der Waals surface area contributed by atoms with Crippen molar-refractivity contribution in [2.75, 3.05) is 20.2 Å². The summed E-state index contributed by atoms with van der Waals surface area (Å²) < 4.78 is 29.4. The highest BCUT2D eigenvalue weighted by molar-refractivity contribution is 9.10. The van der Waals surface area contributed by atoms with Crippen LogP contribution in [0.25, 0.3) is 33.3 Å². The predicted molar refractivity (Wildman–Crippen MR) is 152 cm³/mol. The van der Waals surface area contributed by atoms with Crippen LogP contribution in [0.4, 0.5) is 9.18 Å². The molecule has 0 aliphatic heterocycles. The molecule has 6 nitrogen and oxygen atoms in total. The van der Waals surface area contributed by atoms with Crippen molar-refractivity contribution >= 4 is 32.9 Å². The van der Waals surface area contributed by atoms with E-state index in [0.29, 0.717) is 37.4 Å². The number of aryl methyl sites for hydroxylation is 1. The summed E-state index contributed by atoms with van der Waals surface area (Å²) in [5, 5.41) is 5.48. The fourth-order valence-electron chi connectivity index (χ4n) is 4.25. The first-order valence-electron chi connectivity index (χ1n) is 12.6. The number of halogens is 2. The number of carbonyl (C=O) groups is 1. The largest absolute Gasteiger partial charge is 0.444 e. The van der Waals surface area contributed by atoms with Crippen molar-refractivity contribution in [1.29, 1.82) is 0 Å². The fraction of sp³-hybridized carbons (Fsp3) is 0.333. The minimum Gasteiger partial charge on any atom is -0.444 e. The van der Waals surface area contributed by atoms with Gasteiger partial charge in [0.2, 0.25) is 0 Å². The number of fused-ring (bicyclic) bond motifs is 1. The Morgan fingerprint density at radius 2 is 1.84 bits per heavy atom. The van der Waals surface area contributed by atoms with Crippen LogP contribution in [0.15, 0.2) is 65.1 Å². The number of benzene rings is 3. The van der Waals surface area contributed by atoms with E-state index in [1.54, 1.807) is 28.8 Å². The van der Waals surface area contributed by atoms with Crippen LogP contribution >= 0.6 is 15.9 Å². The Balaban J connectivity index is 1.43. The summed E-state index contributed by atoms with van der Waals surface area (Å²) in [7, 11) is 3.57. The van der Waals surface area contributed by atoms with Gasteiger partial charge in [-0.25, -0.2) is 9.18 Å². The first-order chi connectivity index (χ1) is 18.0. The normalized spacial score (nSPS) is 11.7. The van der Waals surface area contributed by atoms with Crippen molar-refractivity contribution in [2.24, 2.45) is 7.05 Å². The van der Waals surface area contributed by atoms with Crippen LogP contribution in [0, 0.1) is 5.82 Å². The molecule has 4 rings (SSSR count). The minimum absolute atomic E-state index is 0.327. The average molecular weight is 583 g/mol. The van der Waals surface area contributed by atoms with Crippen molar-refractivity contribution in [2.45, 2.75) is 39.4 Å². The third kappa shape index (κ3) is 6.60. The number of ether oxygens (including phenoxy) is 2. The smallest absolute Gasteiger partial charge is 0.410 e. The van der Waals surface area contributed by atoms with Gasteiger partial charge in [0, 0.05) is 42.7 Å². The molecular formula is C30H33BrFN3O3. The Hall–Kier alpha value is -3.23. The molecule has 1 aromatic heterocycles. The van der Waals surface area contributed by atoms with Gasteiger partial charge in [-0.15, -0.1) is 0 Å². The van der Waals surface area contributed by atoms with Gasteiger partial charge in [-0.2, -0.15) is 5.10 Å². The van der Waals surface area contributed by atoms with Crippen LogP contribution < -0.4 is 0 Å². The molecule has 0 spiro atoms. The lowest BCUT2D eigenvalue weighted by molar-refractivity contribution is 0.0276. The second kappa shape index (κ2) is 11.7. The predicted octanol–water partition coefficient (Wildman–Crippen LogP) is 7.58. The fourth-order valence-corrected chi connectivity index (χ4v) is 4.60. The van der Waals surface area contributed by atoms with Crippen LogP contribution in [0.2, 0.25) is 0 Å². The summed E-state index contributed by atoms with van der Waals surface area (Å²) in [5.41, 5.74) is 4.14. The van der Waals surface area contributed by atoms with E-state index in [2.05, 4.69) is 21.0 Å². The average Bonchev–Trinajstić information content (AvgIpc) is 3.18. The Morgan fingerprint density at radius 3 is 2.58 bits per heavy atom. The highest BCUT2D eigenvalue weighted by Crippen LogP contribution is 2.34. The number of hydrogen-bond donors (Lipinski definition) is 0. The van der Waals surface area contributed by atoms with E-state index in [1.165, 1.54) is 0 Å². The van der Waals surface area contributed by atoms with Gasteiger partial charge in [0.1, 0.15) is 17.1 Å². The molecule has 0 aliphatic carbocycles. The monoisotopic (exact) mass is 581 g/mol. The molecule has 0 unspecified atom stereocenters. The van der Waals surface area contributed by atoms with Crippen molar-refractivity contribution in [3.05, 3.63) is 76.5 Å². The zero-order valence-electron chi connectivity index (χ0n) is 22.4. The molecule has 1 amide bonds. The van der Waals surface area contributed by atoms with Crippen molar-refractivity contribution < 1.29 is 18.7 Å². The molecule has 0 aliphatic rings. The number of hydrogen-bond acceptors (Lipinski definition) is 4. The van der Waals surface area contributed by atoms with E-state index < -0.39 is 5.60 Å². The van der Waals surface area contributed by atoms with Gasteiger partial charge in [0.05, 0.1) is 12.1 Å². The van der Waals surface area contributed by atoms with E-state index in [1.807, 2.05) is 76.3 Å². The molecular weight excluding hydrogens is 549 g/mol. The highest BCUT2D eigenvalue weighted by Gasteiger charge is 2.19. The lowest BCUT2D eigenvalue weighted by Crippen LogP contribution is -2.35. The number of rotatable bonds is 8. The van der Waals surface area contributed by atoms with Crippen molar-refractivity contribution in [3.63, 3.8) is 0 Å². The van der Waals surface area contributed by atoms with E-state index >= 15 is 4.39 Å². The number of nitrogens with zero attached hydrogens (tertiary/aromatic N) is 3. The standard InChI is InChI=1S/C30H33BrFN3O3/c1-30(2,3)38-29(36)34(4)15-8-16-37-19-21-9-6-7-10-23(21)20-11-13-24(26(32)17-20)28-25-14-12-22(31)18-27(25)35(5)33-28/h6-7,9-14,17-18H,8,15-16,19H2,1-5H3. The number of carbonyl (C=O) groups excluding carboxylic acids is 1. The maximum atomic E-state index is 15.4. The Kier molecular flexibility index (Phi) is 8.53.